The fourth-order valence-corrected chi connectivity index (χ4v) is 4.33. The Labute approximate surface area is 131 Å². The fraction of sp³-hybridized carbons (Fsp3) is 0.235. The van der Waals surface area contributed by atoms with Crippen molar-refractivity contribution in [2.45, 2.75) is 12.2 Å². The summed E-state index contributed by atoms with van der Waals surface area (Å²) < 4.78 is 25.6. The second-order valence-electron chi connectivity index (χ2n) is 5.13. The van der Waals surface area contributed by atoms with E-state index in [1.807, 2.05) is 31.2 Å². The molecule has 1 unspecified atom stereocenters. The molecule has 5 heteroatoms. The maximum absolute atomic E-state index is 12.8. The number of amides is 1. The van der Waals surface area contributed by atoms with Crippen LogP contribution in [0.1, 0.15) is 21.9 Å². The zero-order valence-electron chi connectivity index (χ0n) is 12.6. The van der Waals surface area contributed by atoms with Gasteiger partial charge >= 0.3 is 0 Å². The Hall–Kier alpha value is -2.14. The molecule has 2 aromatic carbocycles. The van der Waals surface area contributed by atoms with Gasteiger partial charge in [-0.25, -0.2) is 8.42 Å². The molecule has 116 valence electrons. The summed E-state index contributed by atoms with van der Waals surface area (Å²) in [5.74, 6) is -1.04. The topological polar surface area (TPSA) is 63.2 Å². The molecule has 2 aromatic rings. The highest BCUT2D eigenvalue weighted by Crippen LogP contribution is 2.32. The quantitative estimate of drug-likeness (QED) is 0.920. The van der Waals surface area contributed by atoms with E-state index in [4.69, 9.17) is 0 Å². The Balaban J connectivity index is 2.57. The molecule has 22 heavy (non-hydrogen) atoms. The molecule has 0 fully saturated rings. The van der Waals surface area contributed by atoms with Gasteiger partial charge in [0.15, 0.2) is 9.84 Å². The molecule has 0 saturated heterocycles. The van der Waals surface area contributed by atoms with E-state index in [1.165, 1.54) is 7.05 Å². The first-order chi connectivity index (χ1) is 10.5. The summed E-state index contributed by atoms with van der Waals surface area (Å²) in [6, 6.07) is 16.3. The van der Waals surface area contributed by atoms with Gasteiger partial charge < -0.3 is 5.32 Å². The van der Waals surface area contributed by atoms with Crippen LogP contribution in [0, 0.1) is 6.92 Å². The van der Waals surface area contributed by atoms with Gasteiger partial charge in [-0.15, -0.1) is 0 Å². The number of sulfone groups is 1. The number of hydrogen-bond donors (Lipinski definition) is 1. The van der Waals surface area contributed by atoms with Crippen LogP contribution in [0.3, 0.4) is 0 Å². The third kappa shape index (κ3) is 3.54. The predicted molar refractivity (Wildman–Crippen MR) is 87.3 cm³/mol. The van der Waals surface area contributed by atoms with E-state index in [0.29, 0.717) is 11.1 Å². The summed E-state index contributed by atoms with van der Waals surface area (Å²) in [4.78, 5) is 11.6. The lowest BCUT2D eigenvalue weighted by Gasteiger charge is -2.20. The van der Waals surface area contributed by atoms with Gasteiger partial charge in [0.05, 0.1) is 0 Å². The lowest BCUT2D eigenvalue weighted by molar-refractivity contribution is -0.118. The molecule has 1 N–H and O–H groups in total. The van der Waals surface area contributed by atoms with Crippen molar-refractivity contribution in [3.8, 4) is 0 Å². The van der Waals surface area contributed by atoms with Crippen LogP contribution in [-0.4, -0.2) is 27.1 Å². The molecule has 1 atom stereocenters. The minimum atomic E-state index is -3.67. The highest BCUT2D eigenvalue weighted by molar-refractivity contribution is 7.92. The van der Waals surface area contributed by atoms with Gasteiger partial charge in [-0.2, -0.15) is 0 Å². The van der Waals surface area contributed by atoms with Crippen molar-refractivity contribution in [1.82, 2.24) is 5.32 Å². The summed E-state index contributed by atoms with van der Waals surface area (Å²) in [6.07, 6.45) is 0. The summed E-state index contributed by atoms with van der Waals surface area (Å²) in [5.41, 5.74) is 2.26. The van der Waals surface area contributed by atoms with Crippen LogP contribution in [0.5, 0.6) is 0 Å². The number of rotatable bonds is 5. The number of hydrogen-bond acceptors (Lipinski definition) is 3. The van der Waals surface area contributed by atoms with Crippen LogP contribution in [0.4, 0.5) is 0 Å². The summed E-state index contributed by atoms with van der Waals surface area (Å²) in [7, 11) is -2.24. The second-order valence-corrected chi connectivity index (χ2v) is 7.21. The third-order valence-corrected chi connectivity index (χ3v) is 5.45. The molecule has 0 aliphatic rings. The van der Waals surface area contributed by atoms with Crippen LogP contribution in [-0.2, 0) is 14.6 Å². The standard InChI is InChI=1S/C17H19NO3S/c1-13-8-6-7-11-15(13)17(14-9-4-3-5-10-14)22(20,21)12-16(19)18-2/h3-11,17H,12H2,1-2H3,(H,18,19). The Kier molecular flexibility index (Phi) is 4.98. The van der Waals surface area contributed by atoms with Crippen LogP contribution >= 0.6 is 0 Å². The molecule has 0 spiro atoms. The van der Waals surface area contributed by atoms with Gasteiger partial charge in [0, 0.05) is 7.05 Å². The lowest BCUT2D eigenvalue weighted by Crippen LogP contribution is -2.30. The van der Waals surface area contributed by atoms with Crippen molar-refractivity contribution in [3.05, 3.63) is 71.3 Å². The molecule has 1 amide bonds. The van der Waals surface area contributed by atoms with E-state index < -0.39 is 26.7 Å². The fourth-order valence-electron chi connectivity index (χ4n) is 2.43. The van der Waals surface area contributed by atoms with E-state index in [0.717, 1.165) is 5.56 Å². The SMILES string of the molecule is CNC(=O)CS(=O)(=O)C(c1ccccc1)c1ccccc1C. The third-order valence-electron chi connectivity index (χ3n) is 3.54. The first kappa shape index (κ1) is 16.2. The molecule has 0 radical (unpaired) electrons. The Bertz CT molecular complexity index is 754. The first-order valence-corrected chi connectivity index (χ1v) is 8.70. The zero-order valence-corrected chi connectivity index (χ0v) is 13.4. The molecule has 0 heterocycles. The van der Waals surface area contributed by atoms with E-state index in [2.05, 4.69) is 5.32 Å². The Morgan fingerprint density at radius 2 is 1.64 bits per heavy atom. The lowest BCUT2D eigenvalue weighted by atomic mass is 10.0. The molecule has 0 aromatic heterocycles. The summed E-state index contributed by atoms with van der Waals surface area (Å²) in [6.45, 7) is 1.88. The minimum Gasteiger partial charge on any atom is -0.358 e. The molecular formula is C17H19NO3S. The van der Waals surface area contributed by atoms with Crippen LogP contribution in [0.2, 0.25) is 0 Å². The van der Waals surface area contributed by atoms with Crippen LogP contribution in [0.15, 0.2) is 54.6 Å². The number of benzene rings is 2. The Morgan fingerprint density at radius 3 is 2.23 bits per heavy atom. The van der Waals surface area contributed by atoms with Gasteiger partial charge in [-0.3, -0.25) is 4.79 Å². The Morgan fingerprint density at radius 1 is 1.05 bits per heavy atom. The van der Waals surface area contributed by atoms with Gasteiger partial charge in [0.25, 0.3) is 0 Å². The molecular weight excluding hydrogens is 298 g/mol. The maximum atomic E-state index is 12.8. The molecule has 4 nitrogen and oxygen atoms in total. The van der Waals surface area contributed by atoms with Gasteiger partial charge in [-0.1, -0.05) is 54.6 Å². The van der Waals surface area contributed by atoms with Crippen LogP contribution in [0.25, 0.3) is 0 Å². The van der Waals surface area contributed by atoms with Crippen molar-refractivity contribution in [2.75, 3.05) is 12.8 Å². The highest BCUT2D eigenvalue weighted by atomic mass is 32.2. The second kappa shape index (κ2) is 6.75. The number of carbonyl (C=O) groups is 1. The number of nitrogens with one attached hydrogen (secondary N) is 1. The minimum absolute atomic E-state index is 0.505. The number of aryl methyl sites for hydroxylation is 1. The molecule has 0 saturated carbocycles. The van der Waals surface area contributed by atoms with Gasteiger partial charge in [0.2, 0.25) is 5.91 Å². The monoisotopic (exact) mass is 317 g/mol. The van der Waals surface area contributed by atoms with Gasteiger partial charge in [0.1, 0.15) is 11.0 Å². The van der Waals surface area contributed by atoms with Crippen molar-refractivity contribution in [3.63, 3.8) is 0 Å². The maximum Gasteiger partial charge on any atom is 0.234 e. The molecule has 0 bridgehead atoms. The summed E-state index contributed by atoms with van der Waals surface area (Å²) >= 11 is 0. The average Bonchev–Trinajstić information content (AvgIpc) is 2.50. The normalized spacial score (nSPS) is 12.6. The van der Waals surface area contributed by atoms with E-state index in [1.54, 1.807) is 30.3 Å². The predicted octanol–water partition coefficient (Wildman–Crippen LogP) is 2.25. The average molecular weight is 317 g/mol. The molecule has 2 rings (SSSR count). The smallest absolute Gasteiger partial charge is 0.234 e. The van der Waals surface area contributed by atoms with Crippen molar-refractivity contribution < 1.29 is 13.2 Å². The van der Waals surface area contributed by atoms with Crippen molar-refractivity contribution >= 4 is 15.7 Å². The van der Waals surface area contributed by atoms with Crippen molar-refractivity contribution in [1.29, 1.82) is 0 Å². The zero-order chi connectivity index (χ0) is 16.2. The van der Waals surface area contributed by atoms with E-state index in [-0.39, 0.29) is 0 Å². The van der Waals surface area contributed by atoms with Crippen LogP contribution < -0.4 is 5.32 Å². The molecule has 0 aliphatic carbocycles. The first-order valence-electron chi connectivity index (χ1n) is 6.98. The summed E-state index contributed by atoms with van der Waals surface area (Å²) in [5, 5.41) is 1.53. The van der Waals surface area contributed by atoms with Crippen molar-refractivity contribution in [2.24, 2.45) is 0 Å². The van der Waals surface area contributed by atoms with E-state index >= 15 is 0 Å². The molecule has 0 aliphatic heterocycles. The highest BCUT2D eigenvalue weighted by Gasteiger charge is 2.31. The number of carbonyl (C=O) groups excluding carboxylic acids is 1. The van der Waals surface area contributed by atoms with Gasteiger partial charge in [-0.05, 0) is 23.6 Å². The largest absolute Gasteiger partial charge is 0.358 e. The van der Waals surface area contributed by atoms with E-state index in [9.17, 15) is 13.2 Å².